The molecule has 2 aromatic rings. The lowest BCUT2D eigenvalue weighted by molar-refractivity contribution is 0.102. The van der Waals surface area contributed by atoms with Crippen LogP contribution in [-0.4, -0.2) is 32.2 Å². The maximum atomic E-state index is 12.5. The van der Waals surface area contributed by atoms with E-state index in [1.54, 1.807) is 30.2 Å². The van der Waals surface area contributed by atoms with Gasteiger partial charge in [-0.05, 0) is 6.92 Å². The van der Waals surface area contributed by atoms with Crippen LogP contribution in [0.2, 0.25) is 0 Å². The van der Waals surface area contributed by atoms with Crippen molar-refractivity contribution in [2.24, 2.45) is 7.05 Å². The molecule has 0 saturated carbocycles. The van der Waals surface area contributed by atoms with E-state index in [0.29, 0.717) is 29.6 Å². The van der Waals surface area contributed by atoms with Gasteiger partial charge in [-0.2, -0.15) is 5.10 Å². The van der Waals surface area contributed by atoms with Crippen molar-refractivity contribution >= 4 is 17.4 Å². The van der Waals surface area contributed by atoms with Crippen molar-refractivity contribution < 1.29 is 4.79 Å². The lowest BCUT2D eigenvalue weighted by Crippen LogP contribution is -2.20. The molecular weight excluding hydrogens is 268 g/mol. The molecule has 0 bridgehead atoms. The molecule has 0 aliphatic heterocycles. The average Bonchev–Trinajstić information content (AvgIpc) is 2.84. The molecular formula is C14H20N6O. The molecule has 0 aliphatic carbocycles. The second-order valence-electron chi connectivity index (χ2n) is 4.97. The number of amides is 1. The molecule has 0 saturated heterocycles. The molecule has 0 fully saturated rings. The monoisotopic (exact) mass is 288 g/mol. The van der Waals surface area contributed by atoms with Crippen LogP contribution < -0.4 is 10.6 Å². The normalized spacial score (nSPS) is 10.7. The zero-order valence-electron chi connectivity index (χ0n) is 12.7. The minimum absolute atomic E-state index is 0.156. The van der Waals surface area contributed by atoms with Crippen molar-refractivity contribution in [3.05, 3.63) is 30.0 Å². The summed E-state index contributed by atoms with van der Waals surface area (Å²) in [6.07, 6.45) is 3.28. The number of aromatic nitrogens is 4. The Morgan fingerprint density at radius 3 is 2.76 bits per heavy atom. The average molecular weight is 288 g/mol. The summed E-state index contributed by atoms with van der Waals surface area (Å²) in [4.78, 5) is 21.1. The Morgan fingerprint density at radius 1 is 1.43 bits per heavy atom. The van der Waals surface area contributed by atoms with Crippen LogP contribution in [0.3, 0.4) is 0 Å². The largest absolute Gasteiger partial charge is 0.382 e. The Morgan fingerprint density at radius 2 is 2.19 bits per heavy atom. The molecule has 0 radical (unpaired) electrons. The fourth-order valence-electron chi connectivity index (χ4n) is 1.84. The minimum atomic E-state index is -0.279. The first-order valence-corrected chi connectivity index (χ1v) is 6.93. The third-order valence-corrected chi connectivity index (χ3v) is 2.97. The van der Waals surface area contributed by atoms with Crippen LogP contribution in [0.25, 0.3) is 0 Å². The van der Waals surface area contributed by atoms with Crippen molar-refractivity contribution in [2.75, 3.05) is 17.2 Å². The second kappa shape index (κ2) is 6.34. The third kappa shape index (κ3) is 3.36. The highest BCUT2D eigenvalue weighted by Crippen LogP contribution is 2.17. The molecule has 112 valence electrons. The van der Waals surface area contributed by atoms with E-state index in [-0.39, 0.29) is 11.8 Å². The molecule has 0 atom stereocenters. The van der Waals surface area contributed by atoms with E-state index in [0.717, 1.165) is 0 Å². The molecule has 2 heterocycles. The molecule has 21 heavy (non-hydrogen) atoms. The number of carbonyl (C=O) groups excluding carboxylic acids is 1. The fourth-order valence-corrected chi connectivity index (χ4v) is 1.84. The van der Waals surface area contributed by atoms with Gasteiger partial charge in [0.1, 0.15) is 11.6 Å². The summed E-state index contributed by atoms with van der Waals surface area (Å²) in [6, 6.07) is 1.73. The quantitative estimate of drug-likeness (QED) is 0.879. The van der Waals surface area contributed by atoms with E-state index in [9.17, 15) is 4.79 Å². The maximum absolute atomic E-state index is 12.5. The van der Waals surface area contributed by atoms with Crippen molar-refractivity contribution in [2.45, 2.75) is 26.7 Å². The van der Waals surface area contributed by atoms with Crippen LogP contribution in [-0.2, 0) is 7.05 Å². The van der Waals surface area contributed by atoms with Gasteiger partial charge in [0.05, 0.1) is 18.1 Å². The van der Waals surface area contributed by atoms with E-state index in [2.05, 4.69) is 25.7 Å². The van der Waals surface area contributed by atoms with Gasteiger partial charge < -0.3 is 10.6 Å². The summed E-state index contributed by atoms with van der Waals surface area (Å²) in [7, 11) is 1.76. The van der Waals surface area contributed by atoms with Gasteiger partial charge in [0.15, 0.2) is 5.69 Å². The molecule has 2 N–H and O–H groups in total. The van der Waals surface area contributed by atoms with Crippen LogP contribution in [0.15, 0.2) is 18.5 Å². The molecule has 7 nitrogen and oxygen atoms in total. The van der Waals surface area contributed by atoms with Gasteiger partial charge in [0.2, 0.25) is 0 Å². The lowest BCUT2D eigenvalue weighted by atomic mass is 10.2. The summed E-state index contributed by atoms with van der Waals surface area (Å²) in [5, 5.41) is 9.93. The van der Waals surface area contributed by atoms with Crippen LogP contribution in [0.5, 0.6) is 0 Å². The molecule has 2 rings (SSSR count). The van der Waals surface area contributed by atoms with Crippen molar-refractivity contribution in [3.8, 4) is 0 Å². The van der Waals surface area contributed by atoms with E-state index in [1.807, 2.05) is 20.8 Å². The SMILES string of the molecule is CCNc1cnc(C(C)C)nc1C(=O)Nc1ccnn1C. The van der Waals surface area contributed by atoms with Crippen molar-refractivity contribution in [1.29, 1.82) is 0 Å². The number of rotatable bonds is 5. The lowest BCUT2D eigenvalue weighted by Gasteiger charge is -2.12. The molecule has 0 aliphatic rings. The number of hydrogen-bond acceptors (Lipinski definition) is 5. The summed E-state index contributed by atoms with van der Waals surface area (Å²) in [5.41, 5.74) is 0.971. The zero-order chi connectivity index (χ0) is 15.4. The molecule has 0 aromatic carbocycles. The number of nitrogens with one attached hydrogen (secondary N) is 2. The maximum Gasteiger partial charge on any atom is 0.277 e. The van der Waals surface area contributed by atoms with E-state index < -0.39 is 0 Å². The summed E-state index contributed by atoms with van der Waals surface area (Å²) < 4.78 is 1.59. The van der Waals surface area contributed by atoms with Gasteiger partial charge in [0, 0.05) is 25.6 Å². The highest BCUT2D eigenvalue weighted by molar-refractivity contribution is 6.06. The number of aryl methyl sites for hydroxylation is 1. The van der Waals surface area contributed by atoms with Crippen LogP contribution in [0.4, 0.5) is 11.5 Å². The van der Waals surface area contributed by atoms with Gasteiger partial charge in [0.25, 0.3) is 5.91 Å². The molecule has 0 spiro atoms. The number of hydrogen-bond donors (Lipinski definition) is 2. The topological polar surface area (TPSA) is 84.7 Å². The summed E-state index contributed by atoms with van der Waals surface area (Å²) in [5.74, 6) is 1.14. The predicted octanol–water partition coefficient (Wildman–Crippen LogP) is 2.02. The van der Waals surface area contributed by atoms with E-state index >= 15 is 0 Å². The smallest absolute Gasteiger partial charge is 0.277 e. The third-order valence-electron chi connectivity index (χ3n) is 2.97. The number of anilines is 2. The van der Waals surface area contributed by atoms with Crippen LogP contribution in [0.1, 0.15) is 43.0 Å². The van der Waals surface area contributed by atoms with Crippen LogP contribution >= 0.6 is 0 Å². The highest BCUT2D eigenvalue weighted by atomic mass is 16.2. The highest BCUT2D eigenvalue weighted by Gasteiger charge is 2.17. The molecule has 0 unspecified atom stereocenters. The Kier molecular flexibility index (Phi) is 4.52. The van der Waals surface area contributed by atoms with E-state index in [4.69, 9.17) is 0 Å². The molecule has 2 aromatic heterocycles. The van der Waals surface area contributed by atoms with Gasteiger partial charge >= 0.3 is 0 Å². The summed E-state index contributed by atoms with van der Waals surface area (Å²) >= 11 is 0. The van der Waals surface area contributed by atoms with E-state index in [1.165, 1.54) is 0 Å². The van der Waals surface area contributed by atoms with Gasteiger partial charge in [-0.1, -0.05) is 13.8 Å². The first-order valence-electron chi connectivity index (χ1n) is 6.93. The Labute approximate surface area is 123 Å². The first-order chi connectivity index (χ1) is 10.0. The van der Waals surface area contributed by atoms with Gasteiger partial charge in [-0.15, -0.1) is 0 Å². The van der Waals surface area contributed by atoms with Gasteiger partial charge in [-0.3, -0.25) is 9.48 Å². The number of carbonyl (C=O) groups is 1. The minimum Gasteiger partial charge on any atom is -0.382 e. The first kappa shape index (κ1) is 15.0. The molecule has 1 amide bonds. The molecule has 7 heteroatoms. The standard InChI is InChI=1S/C14H20N6O/c1-5-15-10-8-16-13(9(2)3)19-12(10)14(21)18-11-6-7-17-20(11)4/h6-9,15H,5H2,1-4H3,(H,18,21). The zero-order valence-corrected chi connectivity index (χ0v) is 12.7. The fraction of sp³-hybridized carbons (Fsp3) is 0.429. The van der Waals surface area contributed by atoms with Crippen molar-refractivity contribution in [1.82, 2.24) is 19.7 Å². The Hall–Kier alpha value is -2.44. The van der Waals surface area contributed by atoms with Crippen molar-refractivity contribution in [3.63, 3.8) is 0 Å². The number of nitrogens with zero attached hydrogens (tertiary/aromatic N) is 4. The Bertz CT molecular complexity index is 634. The predicted molar refractivity (Wildman–Crippen MR) is 81.4 cm³/mol. The Balaban J connectivity index is 2.33. The van der Waals surface area contributed by atoms with Crippen LogP contribution in [0, 0.1) is 0 Å². The summed E-state index contributed by atoms with van der Waals surface area (Å²) in [6.45, 7) is 6.63. The van der Waals surface area contributed by atoms with Gasteiger partial charge in [-0.25, -0.2) is 9.97 Å². The second-order valence-corrected chi connectivity index (χ2v) is 4.97.